The molecule has 3 saturated heterocycles. The number of nitrogens with zero attached hydrogens (tertiary/aromatic N) is 6. The number of morpholine rings is 1. The van der Waals surface area contributed by atoms with E-state index in [0.717, 1.165) is 101 Å². The summed E-state index contributed by atoms with van der Waals surface area (Å²) in [4.78, 5) is 31.4. The highest BCUT2D eigenvalue weighted by Crippen LogP contribution is 2.37. The van der Waals surface area contributed by atoms with Crippen molar-refractivity contribution < 1.29 is 19.0 Å². The van der Waals surface area contributed by atoms with Crippen LogP contribution in [-0.2, 0) is 0 Å². The van der Waals surface area contributed by atoms with E-state index < -0.39 is 0 Å². The highest BCUT2D eigenvalue weighted by molar-refractivity contribution is 5.90. The first-order chi connectivity index (χ1) is 21.6. The van der Waals surface area contributed by atoms with E-state index in [1.165, 1.54) is 5.69 Å². The van der Waals surface area contributed by atoms with Crippen molar-refractivity contribution in [3.05, 3.63) is 48.4 Å². The molecule has 1 aromatic heterocycles. The van der Waals surface area contributed by atoms with E-state index in [9.17, 15) is 4.79 Å². The minimum atomic E-state index is -0.0587. The van der Waals surface area contributed by atoms with Gasteiger partial charge in [-0.15, -0.1) is 0 Å². The molecule has 236 valence electrons. The summed E-state index contributed by atoms with van der Waals surface area (Å²) in [6, 6.07) is 12.1. The van der Waals surface area contributed by atoms with Crippen molar-refractivity contribution in [2.45, 2.75) is 25.2 Å². The summed E-state index contributed by atoms with van der Waals surface area (Å²) < 4.78 is 16.3. The summed E-state index contributed by atoms with van der Waals surface area (Å²) in [5.74, 6) is 1.65. The van der Waals surface area contributed by atoms with E-state index in [0.29, 0.717) is 31.2 Å². The Kier molecular flexibility index (Phi) is 9.94. The fourth-order valence-electron chi connectivity index (χ4n) is 6.40. The standard InChI is InChI=1S/C33H45N7O4/c1-37-13-15-38(16-14-37)10-3-19-44-31-23-29-28(22-30(31)42-2)32(35-24-34-29)25-8-11-40(12-9-25)33(41)36-26-4-6-27(7-5-26)39-17-20-43-21-18-39/h4-7,22-25H,3,8-21H2,1-2H3,(H,36,41)/p+1. The molecule has 4 heterocycles. The molecule has 0 radical (unpaired) electrons. The zero-order valence-electron chi connectivity index (χ0n) is 26.1. The van der Waals surface area contributed by atoms with Crippen molar-refractivity contribution in [3.63, 3.8) is 0 Å². The molecule has 3 aromatic rings. The predicted molar refractivity (Wildman–Crippen MR) is 173 cm³/mol. The molecule has 3 fully saturated rings. The van der Waals surface area contributed by atoms with E-state index in [1.807, 2.05) is 29.2 Å². The van der Waals surface area contributed by atoms with Gasteiger partial charge < -0.3 is 39.1 Å². The van der Waals surface area contributed by atoms with E-state index in [-0.39, 0.29) is 11.9 Å². The molecular formula is C33H46N7O4+. The number of ether oxygens (including phenoxy) is 3. The second-order valence-electron chi connectivity index (χ2n) is 12.0. The molecule has 44 heavy (non-hydrogen) atoms. The van der Waals surface area contributed by atoms with Gasteiger partial charge in [0.05, 0.1) is 38.0 Å². The number of amides is 2. The fourth-order valence-corrected chi connectivity index (χ4v) is 6.40. The molecule has 3 aliphatic heterocycles. The van der Waals surface area contributed by atoms with Crippen LogP contribution >= 0.6 is 0 Å². The number of rotatable bonds is 9. The molecule has 2 N–H and O–H groups in total. The molecule has 3 aliphatic rings. The molecular weight excluding hydrogens is 558 g/mol. The lowest BCUT2D eigenvalue weighted by atomic mass is 9.91. The fraction of sp³-hybridized carbons (Fsp3) is 0.545. The number of nitrogens with one attached hydrogen (secondary N) is 1. The van der Waals surface area contributed by atoms with Crippen LogP contribution in [0.25, 0.3) is 10.9 Å². The third-order valence-electron chi connectivity index (χ3n) is 9.13. The number of carbonyl (C=O) groups is 1. The monoisotopic (exact) mass is 604 g/mol. The van der Waals surface area contributed by atoms with Gasteiger partial charge in [0.1, 0.15) is 6.33 Å². The smallest absolute Gasteiger partial charge is 0.321 e. The first-order valence-corrected chi connectivity index (χ1v) is 16.0. The van der Waals surface area contributed by atoms with Crippen LogP contribution in [0.4, 0.5) is 16.2 Å². The lowest BCUT2D eigenvalue weighted by Crippen LogP contribution is -2.44. The SMILES string of the molecule is COc1cc2c(C3CCN(C(=O)Nc4ccc(N5CC[OH+]CC5)cc4)CC3)ncnc2cc1OCCCN1CCN(C)CC1. The highest BCUT2D eigenvalue weighted by atomic mass is 16.5. The lowest BCUT2D eigenvalue weighted by Gasteiger charge is -2.32. The van der Waals surface area contributed by atoms with Gasteiger partial charge in [0, 0.05) is 74.6 Å². The van der Waals surface area contributed by atoms with Crippen molar-refractivity contribution in [1.82, 2.24) is 24.7 Å². The molecule has 0 saturated carbocycles. The average molecular weight is 605 g/mol. The van der Waals surface area contributed by atoms with Crippen LogP contribution in [0.2, 0.25) is 0 Å². The van der Waals surface area contributed by atoms with Gasteiger partial charge in [0.25, 0.3) is 0 Å². The first-order valence-electron chi connectivity index (χ1n) is 16.0. The van der Waals surface area contributed by atoms with Gasteiger partial charge >= 0.3 is 6.03 Å². The van der Waals surface area contributed by atoms with Gasteiger partial charge in [0.15, 0.2) is 24.7 Å². The molecule has 11 heteroatoms. The number of methoxy groups -OCH3 is 1. The molecule has 2 amide bonds. The molecule has 0 unspecified atom stereocenters. The first kappa shape index (κ1) is 30.4. The van der Waals surface area contributed by atoms with Crippen molar-refractivity contribution in [1.29, 1.82) is 0 Å². The number of hydrogen-bond acceptors (Lipinski definition) is 8. The number of aromatic nitrogens is 2. The van der Waals surface area contributed by atoms with Crippen molar-refractivity contribution in [2.24, 2.45) is 0 Å². The number of likely N-dealkylation sites (N-methyl/N-ethyl adjacent to an activating group) is 1. The van der Waals surface area contributed by atoms with Crippen molar-refractivity contribution >= 4 is 28.3 Å². The summed E-state index contributed by atoms with van der Waals surface area (Å²) in [5, 5.41) is 4.06. The third-order valence-corrected chi connectivity index (χ3v) is 9.13. The molecule has 6 rings (SSSR count). The number of fused-ring (bicyclic) bond motifs is 1. The van der Waals surface area contributed by atoms with E-state index in [1.54, 1.807) is 13.4 Å². The molecule has 0 bridgehead atoms. The van der Waals surface area contributed by atoms with Gasteiger partial charge in [0.2, 0.25) is 0 Å². The van der Waals surface area contributed by atoms with Gasteiger partial charge in [-0.05, 0) is 56.6 Å². The maximum atomic E-state index is 13.1. The molecule has 11 nitrogen and oxygen atoms in total. The average Bonchev–Trinajstić information content (AvgIpc) is 3.07. The van der Waals surface area contributed by atoms with Crippen LogP contribution < -0.4 is 19.7 Å². The van der Waals surface area contributed by atoms with Crippen LogP contribution in [0.5, 0.6) is 11.5 Å². The van der Waals surface area contributed by atoms with Crippen LogP contribution in [0.1, 0.15) is 30.9 Å². The molecule has 0 aliphatic carbocycles. The van der Waals surface area contributed by atoms with Gasteiger partial charge in [-0.25, -0.2) is 14.8 Å². The van der Waals surface area contributed by atoms with Crippen LogP contribution in [0.3, 0.4) is 0 Å². The number of piperidine rings is 1. The Morgan fingerprint density at radius 3 is 2.43 bits per heavy atom. The second kappa shape index (κ2) is 14.4. The molecule has 0 atom stereocenters. The van der Waals surface area contributed by atoms with Crippen LogP contribution in [0.15, 0.2) is 42.7 Å². The topological polar surface area (TPSA) is 99.1 Å². The Labute approximate surface area is 260 Å². The Morgan fingerprint density at radius 2 is 1.70 bits per heavy atom. The van der Waals surface area contributed by atoms with E-state index in [4.69, 9.17) is 14.5 Å². The number of carbonyl (C=O) groups excluding carboxylic acids is 1. The number of benzene rings is 2. The third kappa shape index (κ3) is 7.34. The lowest BCUT2D eigenvalue weighted by molar-refractivity contribution is -0.0437. The van der Waals surface area contributed by atoms with Gasteiger partial charge in [-0.3, -0.25) is 0 Å². The normalized spacial score (nSPS) is 18.9. The van der Waals surface area contributed by atoms with Crippen LogP contribution in [0, 0.1) is 0 Å². The largest absolute Gasteiger partial charge is 0.493 e. The van der Waals surface area contributed by atoms with Gasteiger partial charge in [-0.2, -0.15) is 0 Å². The van der Waals surface area contributed by atoms with Crippen LogP contribution in [-0.4, -0.2) is 128 Å². The summed E-state index contributed by atoms with van der Waals surface area (Å²) in [6.45, 7) is 11.1. The Morgan fingerprint density at radius 1 is 0.955 bits per heavy atom. The number of piperazine rings is 1. The number of aliphatic hydroxyl groups is 2. The Hall–Kier alpha value is -3.67. The summed E-state index contributed by atoms with van der Waals surface area (Å²) in [7, 11) is 3.86. The Bertz CT molecular complexity index is 1380. The molecule has 2 aromatic carbocycles. The highest BCUT2D eigenvalue weighted by Gasteiger charge is 2.27. The minimum absolute atomic E-state index is 0.0587. The maximum Gasteiger partial charge on any atom is 0.321 e. The molecule has 0 spiro atoms. The number of likely N-dealkylation sites (tertiary alicyclic amines) is 1. The quantitative estimate of drug-likeness (QED) is 0.293. The number of urea groups is 1. The summed E-state index contributed by atoms with van der Waals surface area (Å²) in [5.41, 5.74) is 3.85. The van der Waals surface area contributed by atoms with Crippen molar-refractivity contribution in [2.75, 3.05) is 103 Å². The predicted octanol–water partition coefficient (Wildman–Crippen LogP) is 3.41. The van der Waals surface area contributed by atoms with E-state index in [2.05, 4.69) is 48.9 Å². The zero-order chi connectivity index (χ0) is 30.3. The summed E-state index contributed by atoms with van der Waals surface area (Å²) in [6.07, 6.45) is 4.28. The number of anilines is 2. The summed E-state index contributed by atoms with van der Waals surface area (Å²) >= 11 is 0. The second-order valence-corrected chi connectivity index (χ2v) is 12.0. The zero-order valence-corrected chi connectivity index (χ0v) is 26.1. The van der Waals surface area contributed by atoms with Gasteiger partial charge in [-0.1, -0.05) is 0 Å². The number of hydrogen-bond donors (Lipinski definition) is 1. The van der Waals surface area contributed by atoms with E-state index >= 15 is 0 Å². The van der Waals surface area contributed by atoms with Crippen molar-refractivity contribution in [3.8, 4) is 11.5 Å². The minimum Gasteiger partial charge on any atom is -0.493 e. The Balaban J connectivity index is 1.03. The maximum absolute atomic E-state index is 13.1.